The zero-order valence-corrected chi connectivity index (χ0v) is 40.0. The van der Waals surface area contributed by atoms with E-state index in [9.17, 15) is 27.6 Å². The summed E-state index contributed by atoms with van der Waals surface area (Å²) in [6.07, 6.45) is 8.57. The number of methoxy groups -OCH3 is 1. The van der Waals surface area contributed by atoms with Crippen LogP contribution in [0.2, 0.25) is 5.02 Å². The van der Waals surface area contributed by atoms with E-state index in [1.165, 1.54) is 23.5 Å². The van der Waals surface area contributed by atoms with Gasteiger partial charge in [-0.25, -0.2) is 13.4 Å². The number of rotatable bonds is 17. The van der Waals surface area contributed by atoms with E-state index >= 15 is 0 Å². The molecule has 1 atom stereocenters. The number of carbonyl (C=O) groups excluding carboxylic acids is 4. The van der Waals surface area contributed by atoms with E-state index in [0.717, 1.165) is 55.4 Å². The standard InChI is InChI=1S/C46H54ClN13O7S/c1-6-27-22-35(53-46-51-24-31(47)43(55-46)52-34-11-10-33-41(49-17-16-48-33)42(34)56-68(5,65)66)38(67-4)23-37(27)59-18-14-28(15-19-59)57(2)20-21-58(3)40(62)25-50-32-9-7-8-29-30(32)26-60(45(29)64)36-12-13-39(61)54-44(36)63/h7-11,16-17,22-24,28,36,50,56H,6,12-15,18-21,25-26H2,1-5H3,(H,54,61,63)(H2,51,52,53,55). The lowest BCUT2D eigenvalue weighted by atomic mass is 10.0. The summed E-state index contributed by atoms with van der Waals surface area (Å²) in [7, 11) is 1.81. The number of aromatic nitrogens is 4. The van der Waals surface area contributed by atoms with Crippen LogP contribution in [0.25, 0.3) is 11.0 Å². The molecule has 22 heteroatoms. The fraction of sp³-hybridized carbons (Fsp3) is 0.391. The van der Waals surface area contributed by atoms with E-state index in [-0.39, 0.29) is 66.1 Å². The maximum Gasteiger partial charge on any atom is 0.255 e. The summed E-state index contributed by atoms with van der Waals surface area (Å²) in [4.78, 5) is 76.3. The highest BCUT2D eigenvalue weighted by atomic mass is 35.5. The van der Waals surface area contributed by atoms with E-state index in [1.54, 1.807) is 43.3 Å². The number of amides is 4. The van der Waals surface area contributed by atoms with Crippen molar-refractivity contribution in [2.75, 3.05) is 85.8 Å². The maximum absolute atomic E-state index is 13.3. The highest BCUT2D eigenvalue weighted by molar-refractivity contribution is 7.92. The number of likely N-dealkylation sites (N-methyl/N-ethyl adjacent to an activating group) is 2. The van der Waals surface area contributed by atoms with Crippen LogP contribution in [0.4, 0.5) is 40.2 Å². The normalized spacial score (nSPS) is 16.5. The summed E-state index contributed by atoms with van der Waals surface area (Å²) < 4.78 is 33.1. The third-order valence-electron chi connectivity index (χ3n) is 12.6. The minimum atomic E-state index is -3.69. The Labute approximate surface area is 399 Å². The zero-order chi connectivity index (χ0) is 48.3. The molecule has 2 saturated heterocycles. The van der Waals surface area contributed by atoms with Gasteiger partial charge in [0.15, 0.2) is 5.82 Å². The van der Waals surface area contributed by atoms with E-state index in [2.05, 4.69) is 69.7 Å². The van der Waals surface area contributed by atoms with Crippen molar-refractivity contribution in [1.82, 2.24) is 40.0 Å². The van der Waals surface area contributed by atoms with E-state index in [4.69, 9.17) is 16.3 Å². The summed E-state index contributed by atoms with van der Waals surface area (Å²) in [5.74, 6) is -0.102. The molecular weight excluding hydrogens is 914 g/mol. The molecule has 0 spiro atoms. The molecule has 3 aromatic carbocycles. The molecule has 2 aromatic heterocycles. The second-order valence-electron chi connectivity index (χ2n) is 17.1. The number of benzene rings is 3. The van der Waals surface area contributed by atoms with Gasteiger partial charge in [0.1, 0.15) is 22.3 Å². The molecule has 20 nitrogen and oxygen atoms in total. The molecule has 0 aliphatic carbocycles. The molecule has 5 heterocycles. The van der Waals surface area contributed by atoms with Crippen molar-refractivity contribution in [3.05, 3.63) is 82.8 Å². The zero-order valence-electron chi connectivity index (χ0n) is 38.4. The number of fused-ring (bicyclic) bond motifs is 2. The number of sulfonamides is 1. The van der Waals surface area contributed by atoms with Crippen LogP contribution < -0.4 is 35.6 Å². The minimum absolute atomic E-state index is 0.0419. The Morgan fingerprint density at radius 3 is 2.49 bits per heavy atom. The summed E-state index contributed by atoms with van der Waals surface area (Å²) in [5, 5.41) is 12.2. The van der Waals surface area contributed by atoms with Crippen LogP contribution in [0.15, 0.2) is 61.1 Å². The number of halogens is 1. The molecule has 2 fully saturated rings. The summed E-state index contributed by atoms with van der Waals surface area (Å²) in [5.41, 5.74) is 6.13. The van der Waals surface area contributed by atoms with Gasteiger partial charge in [-0.1, -0.05) is 24.6 Å². The molecular formula is C46H54ClN13O7S. The Bertz CT molecular complexity index is 2880. The molecule has 1 unspecified atom stereocenters. The van der Waals surface area contributed by atoms with Gasteiger partial charge in [-0.05, 0) is 68.6 Å². The first-order valence-electron chi connectivity index (χ1n) is 22.3. The Morgan fingerprint density at radius 1 is 0.971 bits per heavy atom. The van der Waals surface area contributed by atoms with Gasteiger partial charge in [-0.3, -0.25) is 39.2 Å². The average Bonchev–Trinajstić information content (AvgIpc) is 3.66. The molecule has 8 rings (SSSR count). The number of anilines is 7. The predicted octanol–water partition coefficient (Wildman–Crippen LogP) is 4.74. The van der Waals surface area contributed by atoms with E-state index < -0.39 is 22.0 Å². The maximum atomic E-state index is 13.3. The smallest absolute Gasteiger partial charge is 0.255 e. The highest BCUT2D eigenvalue weighted by Gasteiger charge is 2.40. The molecule has 5 aromatic rings. The second kappa shape index (κ2) is 20.2. The van der Waals surface area contributed by atoms with Gasteiger partial charge < -0.3 is 40.3 Å². The van der Waals surface area contributed by atoms with Crippen molar-refractivity contribution < 1.29 is 32.3 Å². The summed E-state index contributed by atoms with van der Waals surface area (Å²) >= 11 is 6.56. The Kier molecular flexibility index (Phi) is 14.1. The van der Waals surface area contributed by atoms with Crippen molar-refractivity contribution in [2.45, 2.75) is 57.7 Å². The molecule has 358 valence electrons. The lowest BCUT2D eigenvalue weighted by molar-refractivity contribution is -0.137. The van der Waals surface area contributed by atoms with Gasteiger partial charge >= 0.3 is 0 Å². The topological polar surface area (TPSA) is 236 Å². The van der Waals surface area contributed by atoms with Crippen LogP contribution in [-0.2, 0) is 37.4 Å². The first-order chi connectivity index (χ1) is 32.6. The van der Waals surface area contributed by atoms with E-state index in [1.807, 2.05) is 18.2 Å². The van der Waals surface area contributed by atoms with Gasteiger partial charge in [-0.2, -0.15) is 4.98 Å². The number of carbonyl (C=O) groups is 4. The number of nitrogens with one attached hydrogen (secondary N) is 5. The number of aryl methyl sites for hydroxylation is 1. The summed E-state index contributed by atoms with van der Waals surface area (Å²) in [6.45, 7) is 5.24. The van der Waals surface area contributed by atoms with Gasteiger partial charge in [0.05, 0.1) is 48.7 Å². The third kappa shape index (κ3) is 10.5. The Hall–Kier alpha value is -6.84. The molecule has 3 aliphatic rings. The van der Waals surface area contributed by atoms with Gasteiger partial charge in [0.25, 0.3) is 5.91 Å². The lowest BCUT2D eigenvalue weighted by Gasteiger charge is -2.39. The largest absolute Gasteiger partial charge is 0.494 e. The Balaban J connectivity index is 0.852. The lowest BCUT2D eigenvalue weighted by Crippen LogP contribution is -2.52. The average molecular weight is 969 g/mol. The van der Waals surface area contributed by atoms with Gasteiger partial charge in [-0.15, -0.1) is 0 Å². The van der Waals surface area contributed by atoms with Gasteiger partial charge in [0.2, 0.25) is 33.7 Å². The molecule has 3 aliphatic heterocycles. The van der Waals surface area contributed by atoms with Crippen molar-refractivity contribution in [3.8, 4) is 5.75 Å². The molecule has 68 heavy (non-hydrogen) atoms. The van der Waals surface area contributed by atoms with Crippen molar-refractivity contribution in [3.63, 3.8) is 0 Å². The molecule has 4 amide bonds. The number of hydrogen-bond donors (Lipinski definition) is 5. The Morgan fingerprint density at radius 2 is 1.75 bits per heavy atom. The molecule has 0 radical (unpaired) electrons. The van der Waals surface area contributed by atoms with Crippen LogP contribution in [0.1, 0.15) is 54.1 Å². The first kappa shape index (κ1) is 47.6. The van der Waals surface area contributed by atoms with Crippen LogP contribution in [0.5, 0.6) is 5.75 Å². The third-order valence-corrected chi connectivity index (χ3v) is 13.5. The number of hydrogen-bond acceptors (Lipinski definition) is 16. The van der Waals surface area contributed by atoms with E-state index in [0.29, 0.717) is 58.5 Å². The van der Waals surface area contributed by atoms with Crippen LogP contribution in [0.3, 0.4) is 0 Å². The van der Waals surface area contributed by atoms with Crippen molar-refractivity contribution in [1.29, 1.82) is 0 Å². The highest BCUT2D eigenvalue weighted by Crippen LogP contribution is 2.39. The van der Waals surface area contributed by atoms with Crippen molar-refractivity contribution in [2.24, 2.45) is 0 Å². The fourth-order valence-electron chi connectivity index (χ4n) is 8.87. The quantitative estimate of drug-likeness (QED) is 0.0792. The second-order valence-corrected chi connectivity index (χ2v) is 19.2. The number of nitrogens with zero attached hydrogens (tertiary/aromatic N) is 8. The summed E-state index contributed by atoms with van der Waals surface area (Å²) in [6, 6.07) is 12.4. The SMILES string of the molecule is CCc1cc(Nc2ncc(Cl)c(Nc3ccc4nccnc4c3NS(C)(=O)=O)n2)c(OC)cc1N1CCC(N(C)CCN(C)C(=O)CNc2cccc3c2CN(C2CCC(=O)NC2=O)C3=O)CC1. The van der Waals surface area contributed by atoms with Crippen LogP contribution >= 0.6 is 11.6 Å². The first-order valence-corrected chi connectivity index (χ1v) is 24.6. The number of piperidine rings is 2. The van der Waals surface area contributed by atoms with Crippen LogP contribution in [-0.4, -0.2) is 139 Å². The molecule has 0 bridgehead atoms. The van der Waals surface area contributed by atoms with Crippen molar-refractivity contribution >= 4 is 96.5 Å². The van der Waals surface area contributed by atoms with Gasteiger partial charge in [0, 0.05) is 93.2 Å². The van der Waals surface area contributed by atoms with Crippen LogP contribution in [0, 0.1) is 0 Å². The molecule has 0 saturated carbocycles. The fourth-order valence-corrected chi connectivity index (χ4v) is 9.59. The number of imide groups is 1. The monoisotopic (exact) mass is 967 g/mol. The predicted molar refractivity (Wildman–Crippen MR) is 260 cm³/mol. The minimum Gasteiger partial charge on any atom is -0.494 e. The number of ether oxygens (including phenoxy) is 1. The molecule has 5 N–H and O–H groups in total.